The minimum absolute atomic E-state index is 0.0195. The van der Waals surface area contributed by atoms with Crippen LogP contribution in [0.2, 0.25) is 0 Å². The van der Waals surface area contributed by atoms with Crippen molar-refractivity contribution in [3.8, 4) is 0 Å². The second-order valence-corrected chi connectivity index (χ2v) is 6.07. The van der Waals surface area contributed by atoms with E-state index in [9.17, 15) is 4.79 Å². The number of imidazole rings is 1. The number of benzene rings is 1. The Morgan fingerprint density at radius 1 is 1.29 bits per heavy atom. The smallest absolute Gasteiger partial charge is 0.224 e. The Morgan fingerprint density at radius 3 is 2.83 bits per heavy atom. The summed E-state index contributed by atoms with van der Waals surface area (Å²) in [5.74, 6) is 0.976. The quantitative estimate of drug-likeness (QED) is 0.729. The summed E-state index contributed by atoms with van der Waals surface area (Å²) in [6.07, 6.45) is 2.10. The van der Waals surface area contributed by atoms with Crippen molar-refractivity contribution in [2.75, 3.05) is 5.32 Å². The molecule has 0 unspecified atom stereocenters. The van der Waals surface area contributed by atoms with E-state index in [1.54, 1.807) is 0 Å². The molecule has 1 aromatic carbocycles. The Labute approximate surface area is 141 Å². The lowest BCUT2D eigenvalue weighted by Gasteiger charge is -2.06. The SMILES string of the molecule is CCc1nc2ccc(NC(=O)CCCn3nc(C)cc3C)cc2[nH]1. The zero-order chi connectivity index (χ0) is 17.1. The topological polar surface area (TPSA) is 75.6 Å². The molecule has 0 aliphatic rings. The number of anilines is 1. The van der Waals surface area contributed by atoms with E-state index in [2.05, 4.69) is 27.3 Å². The maximum Gasteiger partial charge on any atom is 0.224 e. The molecule has 6 heteroatoms. The Bertz CT molecular complexity index is 862. The van der Waals surface area contributed by atoms with E-state index in [4.69, 9.17) is 0 Å². The van der Waals surface area contributed by atoms with E-state index < -0.39 is 0 Å². The van der Waals surface area contributed by atoms with Crippen LogP contribution in [0.1, 0.15) is 37.0 Å². The fraction of sp³-hybridized carbons (Fsp3) is 0.389. The van der Waals surface area contributed by atoms with Crippen LogP contribution in [0.4, 0.5) is 5.69 Å². The molecule has 2 aromatic heterocycles. The van der Waals surface area contributed by atoms with E-state index in [-0.39, 0.29) is 5.91 Å². The summed E-state index contributed by atoms with van der Waals surface area (Å²) in [7, 11) is 0. The van der Waals surface area contributed by atoms with E-state index in [0.717, 1.165) is 53.3 Å². The van der Waals surface area contributed by atoms with Gasteiger partial charge in [-0.25, -0.2) is 4.98 Å². The van der Waals surface area contributed by atoms with Crippen LogP contribution in [0, 0.1) is 13.8 Å². The van der Waals surface area contributed by atoms with Crippen LogP contribution >= 0.6 is 0 Å². The minimum atomic E-state index is 0.0195. The molecule has 0 spiro atoms. The number of hydrogen-bond donors (Lipinski definition) is 2. The number of nitrogens with one attached hydrogen (secondary N) is 2. The molecule has 2 heterocycles. The second kappa shape index (κ2) is 6.86. The lowest BCUT2D eigenvalue weighted by Crippen LogP contribution is -2.13. The summed E-state index contributed by atoms with van der Waals surface area (Å²) in [5.41, 5.74) is 4.81. The molecule has 0 aliphatic carbocycles. The Kier molecular flexibility index (Phi) is 4.64. The van der Waals surface area contributed by atoms with Gasteiger partial charge in [-0.2, -0.15) is 5.10 Å². The molecule has 24 heavy (non-hydrogen) atoms. The molecular weight excluding hydrogens is 302 g/mol. The molecule has 0 aliphatic heterocycles. The normalized spacial score (nSPS) is 11.1. The van der Waals surface area contributed by atoms with Crippen LogP contribution in [0.5, 0.6) is 0 Å². The van der Waals surface area contributed by atoms with Gasteiger partial charge < -0.3 is 10.3 Å². The molecule has 0 radical (unpaired) electrons. The third-order valence-corrected chi connectivity index (χ3v) is 4.03. The minimum Gasteiger partial charge on any atom is -0.342 e. The van der Waals surface area contributed by atoms with Crippen molar-refractivity contribution < 1.29 is 4.79 Å². The van der Waals surface area contributed by atoms with Crippen molar-refractivity contribution in [2.45, 2.75) is 46.6 Å². The van der Waals surface area contributed by atoms with Gasteiger partial charge in [0, 0.05) is 30.8 Å². The zero-order valence-electron chi connectivity index (χ0n) is 14.4. The first-order valence-corrected chi connectivity index (χ1v) is 8.34. The largest absolute Gasteiger partial charge is 0.342 e. The van der Waals surface area contributed by atoms with E-state index in [0.29, 0.717) is 6.42 Å². The van der Waals surface area contributed by atoms with Crippen molar-refractivity contribution in [3.05, 3.63) is 41.5 Å². The molecule has 3 rings (SSSR count). The highest BCUT2D eigenvalue weighted by Gasteiger charge is 2.07. The third kappa shape index (κ3) is 3.64. The number of carbonyl (C=O) groups excluding carboxylic acids is 1. The van der Waals surface area contributed by atoms with Crippen LogP contribution in [-0.4, -0.2) is 25.7 Å². The van der Waals surface area contributed by atoms with Crippen LogP contribution in [0.15, 0.2) is 24.3 Å². The van der Waals surface area contributed by atoms with Crippen molar-refractivity contribution in [1.82, 2.24) is 19.7 Å². The first-order chi connectivity index (χ1) is 11.5. The number of H-pyrrole nitrogens is 1. The fourth-order valence-corrected chi connectivity index (χ4v) is 2.82. The predicted molar refractivity (Wildman–Crippen MR) is 95.0 cm³/mol. The van der Waals surface area contributed by atoms with Crippen molar-refractivity contribution in [2.24, 2.45) is 0 Å². The van der Waals surface area contributed by atoms with E-state index in [1.165, 1.54) is 0 Å². The number of hydrogen-bond acceptors (Lipinski definition) is 3. The molecule has 0 saturated heterocycles. The summed E-state index contributed by atoms with van der Waals surface area (Å²) in [6.45, 7) is 6.83. The molecular formula is C18H23N5O. The van der Waals surface area contributed by atoms with Gasteiger partial charge in [0.1, 0.15) is 5.82 Å². The number of nitrogens with zero attached hydrogens (tertiary/aromatic N) is 3. The molecule has 0 saturated carbocycles. The Hall–Kier alpha value is -2.63. The summed E-state index contributed by atoms with van der Waals surface area (Å²) in [6, 6.07) is 7.79. The Balaban J connectivity index is 1.55. The average Bonchev–Trinajstić information content (AvgIpc) is 3.09. The summed E-state index contributed by atoms with van der Waals surface area (Å²) in [5, 5.41) is 7.36. The van der Waals surface area contributed by atoms with E-state index in [1.807, 2.05) is 42.8 Å². The van der Waals surface area contributed by atoms with E-state index >= 15 is 0 Å². The van der Waals surface area contributed by atoms with Gasteiger partial charge in [-0.05, 0) is 44.5 Å². The number of carbonyl (C=O) groups is 1. The molecule has 2 N–H and O–H groups in total. The van der Waals surface area contributed by atoms with Gasteiger partial charge in [0.15, 0.2) is 0 Å². The highest BCUT2D eigenvalue weighted by atomic mass is 16.1. The van der Waals surface area contributed by atoms with Crippen molar-refractivity contribution in [1.29, 1.82) is 0 Å². The first kappa shape index (κ1) is 16.2. The number of aromatic nitrogens is 4. The lowest BCUT2D eigenvalue weighted by atomic mass is 10.2. The molecule has 3 aromatic rings. The third-order valence-electron chi connectivity index (χ3n) is 4.03. The van der Waals surface area contributed by atoms with Gasteiger partial charge in [-0.1, -0.05) is 6.92 Å². The van der Waals surface area contributed by atoms with Crippen LogP contribution in [-0.2, 0) is 17.8 Å². The van der Waals surface area contributed by atoms with Crippen LogP contribution < -0.4 is 5.32 Å². The van der Waals surface area contributed by atoms with Gasteiger partial charge >= 0.3 is 0 Å². The number of aryl methyl sites for hydroxylation is 4. The highest BCUT2D eigenvalue weighted by Crippen LogP contribution is 2.18. The van der Waals surface area contributed by atoms with Gasteiger partial charge in [-0.15, -0.1) is 0 Å². The molecule has 0 bridgehead atoms. The summed E-state index contributed by atoms with van der Waals surface area (Å²) in [4.78, 5) is 19.8. The van der Waals surface area contributed by atoms with Gasteiger partial charge in [0.2, 0.25) is 5.91 Å². The monoisotopic (exact) mass is 325 g/mol. The molecule has 0 atom stereocenters. The Morgan fingerprint density at radius 2 is 2.12 bits per heavy atom. The first-order valence-electron chi connectivity index (χ1n) is 8.34. The van der Waals surface area contributed by atoms with Crippen LogP contribution in [0.25, 0.3) is 11.0 Å². The number of fused-ring (bicyclic) bond motifs is 1. The maximum atomic E-state index is 12.1. The summed E-state index contributed by atoms with van der Waals surface area (Å²) >= 11 is 0. The average molecular weight is 325 g/mol. The van der Waals surface area contributed by atoms with Gasteiger partial charge in [0.05, 0.1) is 16.7 Å². The standard InChI is InChI=1S/C18H23N5O/c1-4-17-20-15-8-7-14(11-16(15)21-17)19-18(24)6-5-9-23-13(3)10-12(2)22-23/h7-8,10-11H,4-6,9H2,1-3H3,(H,19,24)(H,20,21). The molecule has 126 valence electrons. The number of amides is 1. The van der Waals surface area contributed by atoms with Crippen molar-refractivity contribution >= 4 is 22.6 Å². The molecule has 0 fully saturated rings. The maximum absolute atomic E-state index is 12.1. The summed E-state index contributed by atoms with van der Waals surface area (Å²) < 4.78 is 1.95. The zero-order valence-corrected chi connectivity index (χ0v) is 14.4. The highest BCUT2D eigenvalue weighted by molar-refractivity contribution is 5.93. The predicted octanol–water partition coefficient (Wildman–Crippen LogP) is 3.36. The van der Waals surface area contributed by atoms with Crippen LogP contribution in [0.3, 0.4) is 0 Å². The molecule has 1 amide bonds. The number of aromatic amines is 1. The van der Waals surface area contributed by atoms with Gasteiger partial charge in [0.25, 0.3) is 0 Å². The molecule has 6 nitrogen and oxygen atoms in total. The number of rotatable bonds is 6. The second-order valence-electron chi connectivity index (χ2n) is 6.07. The lowest BCUT2D eigenvalue weighted by molar-refractivity contribution is -0.116. The van der Waals surface area contributed by atoms with Gasteiger partial charge in [-0.3, -0.25) is 9.48 Å². The van der Waals surface area contributed by atoms with Crippen molar-refractivity contribution in [3.63, 3.8) is 0 Å². The fourth-order valence-electron chi connectivity index (χ4n) is 2.82.